The molecule has 46 heavy (non-hydrogen) atoms. The standard InChI is InChI=1S/C30H21F14OP/c1-18(2)22(25(31,32)27(35,36)29(39,40)41)23(24(45)26(33,34)28(37,38)30(42,43)44)46(19-12-6-3-7-13-19,20-14-8-4-9-15-20)21-16-10-5-11-17-21/h3-17H,1-2H3. The maximum absolute atomic E-state index is 15.9. The third-order valence-electron chi connectivity index (χ3n) is 6.82. The second-order valence-electron chi connectivity index (χ2n) is 10.0. The summed E-state index contributed by atoms with van der Waals surface area (Å²) < 4.78 is 202. The van der Waals surface area contributed by atoms with Crippen LogP contribution < -0.4 is 15.9 Å². The van der Waals surface area contributed by atoms with Crippen LogP contribution in [0.4, 0.5) is 61.5 Å². The van der Waals surface area contributed by atoms with Crippen molar-refractivity contribution in [3.05, 3.63) is 102 Å². The summed E-state index contributed by atoms with van der Waals surface area (Å²) in [6.07, 6.45) is -14.3. The van der Waals surface area contributed by atoms with E-state index < -0.39 is 81.1 Å². The molecule has 0 aliphatic rings. The van der Waals surface area contributed by atoms with Crippen LogP contribution in [-0.2, 0) is 4.79 Å². The molecule has 3 aromatic rings. The Morgan fingerprint density at radius 1 is 0.478 bits per heavy atom. The second kappa shape index (κ2) is 12.2. The monoisotopic (exact) mass is 694 g/mol. The first-order valence-electron chi connectivity index (χ1n) is 12.7. The van der Waals surface area contributed by atoms with E-state index in [9.17, 15) is 48.7 Å². The summed E-state index contributed by atoms with van der Waals surface area (Å²) >= 11 is 0. The summed E-state index contributed by atoms with van der Waals surface area (Å²) in [5.74, 6) is -31.9. The molecule has 0 heterocycles. The molecule has 0 bridgehead atoms. The van der Waals surface area contributed by atoms with E-state index in [1.807, 2.05) is 0 Å². The fraction of sp³-hybridized carbons (Fsp3) is 0.267. The number of carbonyl (C=O) groups excluding carboxylic acids is 1. The Labute approximate surface area is 252 Å². The SMILES string of the molecule is CC(C)=C(C(C(=O)C(F)(F)C(F)(F)C(F)(F)F)=P(c1ccccc1)(c1ccccc1)c1ccccc1)C(F)(F)C(F)(F)C(F)(F)F. The number of Topliss-reactive ketones (excluding diaryl/α,β-unsaturated/α-hetero) is 1. The summed E-state index contributed by atoms with van der Waals surface area (Å²) in [6.45, 7) is -4.32. The van der Waals surface area contributed by atoms with Crippen LogP contribution in [0.5, 0.6) is 0 Å². The minimum atomic E-state index is -7.31. The third-order valence-corrected chi connectivity index (χ3v) is 11.1. The van der Waals surface area contributed by atoms with Crippen LogP contribution in [0.25, 0.3) is 0 Å². The molecule has 3 aromatic carbocycles. The van der Waals surface area contributed by atoms with E-state index in [0.29, 0.717) is 13.8 Å². The number of hydrogen-bond donors (Lipinski definition) is 0. The largest absolute Gasteiger partial charge is 0.460 e. The minimum absolute atomic E-state index is 0.401. The molecule has 0 N–H and O–H groups in total. The first-order chi connectivity index (χ1) is 20.9. The molecule has 16 heteroatoms. The van der Waals surface area contributed by atoms with Gasteiger partial charge in [0, 0.05) is 10.9 Å². The Morgan fingerprint density at radius 3 is 1.02 bits per heavy atom. The second-order valence-corrected chi connectivity index (χ2v) is 13.4. The highest BCUT2D eigenvalue weighted by atomic mass is 31.2. The summed E-state index contributed by atoms with van der Waals surface area (Å²) in [4.78, 5) is 13.8. The van der Waals surface area contributed by atoms with Gasteiger partial charge in [0.15, 0.2) is 0 Å². The first-order valence-corrected chi connectivity index (χ1v) is 14.5. The van der Waals surface area contributed by atoms with Gasteiger partial charge in [-0.15, -0.1) is 0 Å². The molecule has 3 rings (SSSR count). The van der Waals surface area contributed by atoms with Crippen molar-refractivity contribution in [3.8, 4) is 0 Å². The Balaban J connectivity index is 2.91. The van der Waals surface area contributed by atoms with Crippen LogP contribution >= 0.6 is 6.89 Å². The van der Waals surface area contributed by atoms with E-state index in [-0.39, 0.29) is 0 Å². The smallest absolute Gasteiger partial charge is 0.287 e. The van der Waals surface area contributed by atoms with E-state index in [4.69, 9.17) is 0 Å². The highest BCUT2D eigenvalue weighted by Gasteiger charge is 2.79. The van der Waals surface area contributed by atoms with Gasteiger partial charge in [0.05, 0.1) is 0 Å². The fourth-order valence-corrected chi connectivity index (χ4v) is 9.40. The predicted molar refractivity (Wildman–Crippen MR) is 145 cm³/mol. The van der Waals surface area contributed by atoms with E-state index in [1.54, 1.807) is 0 Å². The van der Waals surface area contributed by atoms with Gasteiger partial charge in [-0.25, -0.2) is 0 Å². The van der Waals surface area contributed by atoms with Crippen molar-refractivity contribution in [2.24, 2.45) is 0 Å². The van der Waals surface area contributed by atoms with Crippen LogP contribution in [0, 0.1) is 0 Å². The zero-order chi connectivity index (χ0) is 35.1. The molecule has 0 aliphatic carbocycles. The zero-order valence-electron chi connectivity index (χ0n) is 23.3. The summed E-state index contributed by atoms with van der Waals surface area (Å²) in [5, 5.41) is -3.98. The lowest BCUT2D eigenvalue weighted by Gasteiger charge is -2.39. The Kier molecular flexibility index (Phi) is 9.78. The summed E-state index contributed by atoms with van der Waals surface area (Å²) in [5.41, 5.74) is -4.15. The Hall–Kier alpha value is -3.61. The molecule has 0 radical (unpaired) electrons. The molecule has 0 aromatic heterocycles. The van der Waals surface area contributed by atoms with Crippen molar-refractivity contribution in [1.82, 2.24) is 0 Å². The lowest BCUT2D eigenvalue weighted by molar-refractivity contribution is -0.344. The average Bonchev–Trinajstić information content (AvgIpc) is 2.96. The van der Waals surface area contributed by atoms with Crippen molar-refractivity contribution in [1.29, 1.82) is 0 Å². The normalized spacial score (nSPS) is 13.7. The minimum Gasteiger partial charge on any atom is -0.287 e. The maximum atomic E-state index is 15.9. The Morgan fingerprint density at radius 2 is 0.761 bits per heavy atom. The molecule has 0 saturated heterocycles. The predicted octanol–water partition coefficient (Wildman–Crippen LogP) is 8.72. The van der Waals surface area contributed by atoms with Crippen LogP contribution in [0.2, 0.25) is 0 Å². The molecule has 0 saturated carbocycles. The highest BCUT2D eigenvalue weighted by Crippen LogP contribution is 2.58. The van der Waals surface area contributed by atoms with Gasteiger partial charge in [-0.3, -0.25) is 4.79 Å². The molecular formula is C30H21F14OP. The van der Waals surface area contributed by atoms with E-state index in [2.05, 4.69) is 0 Å². The van der Waals surface area contributed by atoms with Crippen molar-refractivity contribution >= 4 is 33.9 Å². The van der Waals surface area contributed by atoms with Gasteiger partial charge in [0.1, 0.15) is 0 Å². The van der Waals surface area contributed by atoms with Gasteiger partial charge in [-0.05, 0) is 36.6 Å². The van der Waals surface area contributed by atoms with Crippen LogP contribution in [-0.4, -0.2) is 47.1 Å². The molecular weight excluding hydrogens is 673 g/mol. The van der Waals surface area contributed by atoms with Gasteiger partial charge in [-0.1, -0.05) is 96.6 Å². The van der Waals surface area contributed by atoms with Gasteiger partial charge >= 0.3 is 36.0 Å². The highest BCUT2D eigenvalue weighted by molar-refractivity contribution is 7.96. The fourth-order valence-electron chi connectivity index (χ4n) is 4.73. The van der Waals surface area contributed by atoms with Crippen LogP contribution in [0.15, 0.2) is 102 Å². The van der Waals surface area contributed by atoms with E-state index in [1.165, 1.54) is 18.2 Å². The Bertz CT molecular complexity index is 1530. The van der Waals surface area contributed by atoms with E-state index >= 15 is 17.6 Å². The average molecular weight is 694 g/mol. The number of benzene rings is 3. The van der Waals surface area contributed by atoms with Gasteiger partial charge in [0.25, 0.3) is 0 Å². The summed E-state index contributed by atoms with van der Waals surface area (Å²) in [6, 6.07) is 16.3. The quantitative estimate of drug-likeness (QED) is 0.162. The third kappa shape index (κ3) is 5.75. The zero-order valence-corrected chi connectivity index (χ0v) is 24.2. The molecule has 1 nitrogen and oxygen atoms in total. The number of rotatable bonds is 9. The molecule has 0 amide bonds. The van der Waals surface area contributed by atoms with Crippen LogP contribution in [0.3, 0.4) is 0 Å². The van der Waals surface area contributed by atoms with Gasteiger partial charge in [-0.2, -0.15) is 61.5 Å². The molecule has 0 spiro atoms. The number of halogens is 14. The molecule has 0 aliphatic heterocycles. The van der Waals surface area contributed by atoms with Crippen molar-refractivity contribution < 1.29 is 66.3 Å². The topological polar surface area (TPSA) is 17.1 Å². The summed E-state index contributed by atoms with van der Waals surface area (Å²) in [7, 11) is 0. The number of alkyl halides is 14. The van der Waals surface area contributed by atoms with E-state index in [0.717, 1.165) is 72.8 Å². The van der Waals surface area contributed by atoms with Crippen molar-refractivity contribution in [3.63, 3.8) is 0 Å². The molecule has 0 atom stereocenters. The van der Waals surface area contributed by atoms with Crippen molar-refractivity contribution in [2.45, 2.75) is 49.9 Å². The lowest BCUT2D eigenvalue weighted by atomic mass is 9.90. The van der Waals surface area contributed by atoms with Crippen molar-refractivity contribution in [2.75, 3.05) is 0 Å². The number of hydrogen-bond acceptors (Lipinski definition) is 1. The van der Waals surface area contributed by atoms with Gasteiger partial charge in [0.2, 0.25) is 5.78 Å². The first kappa shape index (κ1) is 36.9. The lowest BCUT2D eigenvalue weighted by Crippen LogP contribution is -2.61. The number of carbonyl (C=O) groups is 1. The molecule has 0 fully saturated rings. The molecule has 0 unspecified atom stereocenters. The van der Waals surface area contributed by atoms with Gasteiger partial charge < -0.3 is 0 Å². The number of allylic oxidation sites excluding steroid dienone is 2. The maximum Gasteiger partial charge on any atom is 0.460 e. The molecule has 250 valence electrons. The number of ketones is 1. The van der Waals surface area contributed by atoms with Crippen LogP contribution in [0.1, 0.15) is 13.8 Å².